The van der Waals surface area contributed by atoms with E-state index in [0.717, 1.165) is 11.1 Å². The average Bonchev–Trinajstić information content (AvgIpc) is 2.45. The summed E-state index contributed by atoms with van der Waals surface area (Å²) in [7, 11) is 0. The minimum atomic E-state index is -0.677. The molecular formula is C18H24O5. The van der Waals surface area contributed by atoms with E-state index >= 15 is 0 Å². The zero-order valence-electron chi connectivity index (χ0n) is 14.1. The number of hydrogen-bond acceptors (Lipinski definition) is 5. The number of aryl methyl sites for hydroxylation is 1. The van der Waals surface area contributed by atoms with Crippen molar-refractivity contribution >= 4 is 11.9 Å². The van der Waals surface area contributed by atoms with Gasteiger partial charge >= 0.3 is 11.9 Å². The first-order valence-electron chi connectivity index (χ1n) is 7.67. The maximum absolute atomic E-state index is 11.5. The highest BCUT2D eigenvalue weighted by molar-refractivity contribution is 5.82. The Balaban J connectivity index is 2.45. The summed E-state index contributed by atoms with van der Waals surface area (Å²) in [6.07, 6.45) is 1.70. The molecule has 0 aromatic heterocycles. The van der Waals surface area contributed by atoms with E-state index < -0.39 is 12.3 Å². The summed E-state index contributed by atoms with van der Waals surface area (Å²) in [5.41, 5.74) is 1.88. The molecule has 0 heterocycles. The fourth-order valence-electron chi connectivity index (χ4n) is 1.86. The Hall–Kier alpha value is -2.30. The fraction of sp³-hybridized carbons (Fsp3) is 0.444. The molecule has 0 fully saturated rings. The Morgan fingerprint density at radius 1 is 1.17 bits per heavy atom. The highest BCUT2D eigenvalue weighted by atomic mass is 16.7. The van der Waals surface area contributed by atoms with Crippen molar-refractivity contribution in [2.75, 3.05) is 6.61 Å². The number of carbonyl (C=O) groups is 2. The van der Waals surface area contributed by atoms with Crippen LogP contribution in [0.1, 0.15) is 39.7 Å². The number of carbonyl (C=O) groups excluding carboxylic acids is 2. The van der Waals surface area contributed by atoms with Crippen molar-refractivity contribution in [3.63, 3.8) is 0 Å². The summed E-state index contributed by atoms with van der Waals surface area (Å²) >= 11 is 0. The smallest absolute Gasteiger partial charge is 0.333 e. The van der Waals surface area contributed by atoms with Gasteiger partial charge in [-0.15, -0.1) is 0 Å². The largest absolute Gasteiger partial charge is 0.466 e. The van der Waals surface area contributed by atoms with Gasteiger partial charge in [0.1, 0.15) is 5.75 Å². The average molecular weight is 320 g/mol. The van der Waals surface area contributed by atoms with Gasteiger partial charge in [0, 0.05) is 19.4 Å². The molecule has 0 amide bonds. The van der Waals surface area contributed by atoms with Crippen LogP contribution in [-0.2, 0) is 25.5 Å². The van der Waals surface area contributed by atoms with Crippen molar-refractivity contribution in [2.45, 2.75) is 46.8 Å². The Bertz CT molecular complexity index is 541. The van der Waals surface area contributed by atoms with Gasteiger partial charge in [-0.05, 0) is 44.9 Å². The van der Waals surface area contributed by atoms with Gasteiger partial charge in [-0.1, -0.05) is 17.7 Å². The molecule has 5 nitrogen and oxygen atoms in total. The van der Waals surface area contributed by atoms with Crippen LogP contribution in [0.4, 0.5) is 0 Å². The predicted octanol–water partition coefficient (Wildman–Crippen LogP) is 3.42. The lowest BCUT2D eigenvalue weighted by molar-refractivity contribution is -0.155. The maximum atomic E-state index is 11.5. The van der Waals surface area contributed by atoms with Crippen molar-refractivity contribution in [2.24, 2.45) is 0 Å². The van der Waals surface area contributed by atoms with Crippen LogP contribution < -0.4 is 4.74 Å². The molecule has 0 aliphatic heterocycles. The number of esters is 2. The van der Waals surface area contributed by atoms with E-state index in [1.54, 1.807) is 26.0 Å². The van der Waals surface area contributed by atoms with Crippen LogP contribution in [0, 0.1) is 0 Å². The molecule has 1 aromatic rings. The van der Waals surface area contributed by atoms with Crippen molar-refractivity contribution in [1.82, 2.24) is 0 Å². The van der Waals surface area contributed by atoms with Crippen LogP contribution >= 0.6 is 0 Å². The lowest BCUT2D eigenvalue weighted by atomic mass is 10.1. The minimum Gasteiger partial charge on any atom is -0.466 e. The van der Waals surface area contributed by atoms with Crippen LogP contribution in [-0.4, -0.2) is 24.8 Å². The van der Waals surface area contributed by atoms with Gasteiger partial charge in [-0.25, -0.2) is 4.79 Å². The SMILES string of the molecule is CCOC(=O)CCc1ccc(OC(C)OC(=O)C=C(C)C)cc1. The van der Waals surface area contributed by atoms with Crippen LogP contribution in [0.5, 0.6) is 5.75 Å². The first-order valence-corrected chi connectivity index (χ1v) is 7.67. The summed E-state index contributed by atoms with van der Waals surface area (Å²) < 4.78 is 15.5. The molecule has 1 aromatic carbocycles. The van der Waals surface area contributed by atoms with Crippen LogP contribution in [0.25, 0.3) is 0 Å². The minimum absolute atomic E-state index is 0.201. The van der Waals surface area contributed by atoms with E-state index in [1.165, 1.54) is 6.08 Å². The second-order valence-electron chi connectivity index (χ2n) is 5.29. The van der Waals surface area contributed by atoms with Crippen molar-refractivity contribution < 1.29 is 23.8 Å². The maximum Gasteiger partial charge on any atom is 0.333 e. The molecule has 0 bridgehead atoms. The predicted molar refractivity (Wildman–Crippen MR) is 87.0 cm³/mol. The summed E-state index contributed by atoms with van der Waals surface area (Å²) in [6.45, 7) is 7.49. The third kappa shape index (κ3) is 8.04. The second-order valence-corrected chi connectivity index (χ2v) is 5.29. The molecule has 1 atom stereocenters. The van der Waals surface area contributed by atoms with E-state index in [9.17, 15) is 9.59 Å². The molecule has 23 heavy (non-hydrogen) atoms. The molecule has 0 N–H and O–H groups in total. The Kier molecular flexibility index (Phi) is 7.88. The second kappa shape index (κ2) is 9.66. The van der Waals surface area contributed by atoms with E-state index in [-0.39, 0.29) is 5.97 Å². The van der Waals surface area contributed by atoms with Gasteiger partial charge < -0.3 is 14.2 Å². The van der Waals surface area contributed by atoms with Crippen molar-refractivity contribution in [1.29, 1.82) is 0 Å². The fourth-order valence-corrected chi connectivity index (χ4v) is 1.86. The summed E-state index contributed by atoms with van der Waals surface area (Å²) in [5, 5.41) is 0. The Morgan fingerprint density at radius 3 is 2.39 bits per heavy atom. The first-order chi connectivity index (χ1) is 10.9. The Labute approximate surface area is 137 Å². The zero-order chi connectivity index (χ0) is 17.2. The first kappa shape index (κ1) is 18.7. The van der Waals surface area contributed by atoms with E-state index in [0.29, 0.717) is 25.2 Å². The van der Waals surface area contributed by atoms with Gasteiger partial charge in [0.2, 0.25) is 6.29 Å². The van der Waals surface area contributed by atoms with E-state index in [1.807, 2.05) is 26.0 Å². The van der Waals surface area contributed by atoms with E-state index in [2.05, 4.69) is 0 Å². The standard InChI is InChI=1S/C18H24O5/c1-5-21-17(19)11-8-15-6-9-16(10-7-15)22-14(4)23-18(20)12-13(2)3/h6-7,9-10,12,14H,5,8,11H2,1-4H3. The number of allylic oxidation sites excluding steroid dienone is 1. The normalized spacial score (nSPS) is 11.3. The highest BCUT2D eigenvalue weighted by Crippen LogP contribution is 2.15. The quantitative estimate of drug-likeness (QED) is 0.417. The molecule has 5 heteroatoms. The summed E-state index contributed by atoms with van der Waals surface area (Å²) in [6, 6.07) is 7.32. The summed E-state index contributed by atoms with van der Waals surface area (Å²) in [4.78, 5) is 22.8. The molecule has 0 spiro atoms. The molecule has 0 saturated carbocycles. The van der Waals surface area contributed by atoms with Crippen molar-refractivity contribution in [3.05, 3.63) is 41.5 Å². The lowest BCUT2D eigenvalue weighted by Crippen LogP contribution is -2.19. The topological polar surface area (TPSA) is 61.8 Å². The van der Waals surface area contributed by atoms with Crippen LogP contribution in [0.15, 0.2) is 35.9 Å². The van der Waals surface area contributed by atoms with E-state index in [4.69, 9.17) is 14.2 Å². The van der Waals surface area contributed by atoms with Gasteiger partial charge in [0.05, 0.1) is 6.61 Å². The third-order valence-corrected chi connectivity index (χ3v) is 2.84. The summed E-state index contributed by atoms with van der Waals surface area (Å²) in [5.74, 6) is -0.0291. The van der Waals surface area contributed by atoms with Gasteiger partial charge in [-0.3, -0.25) is 4.79 Å². The number of rotatable bonds is 8. The molecule has 0 radical (unpaired) electrons. The number of hydrogen-bond donors (Lipinski definition) is 0. The number of ether oxygens (including phenoxy) is 3. The third-order valence-electron chi connectivity index (χ3n) is 2.84. The molecular weight excluding hydrogens is 296 g/mol. The molecule has 126 valence electrons. The highest BCUT2D eigenvalue weighted by Gasteiger charge is 2.09. The molecule has 0 saturated heterocycles. The van der Waals surface area contributed by atoms with Gasteiger partial charge in [0.15, 0.2) is 0 Å². The monoisotopic (exact) mass is 320 g/mol. The molecule has 0 aliphatic carbocycles. The van der Waals surface area contributed by atoms with Gasteiger partial charge in [0.25, 0.3) is 0 Å². The molecule has 0 aliphatic rings. The molecule has 1 unspecified atom stereocenters. The van der Waals surface area contributed by atoms with Crippen LogP contribution in [0.2, 0.25) is 0 Å². The molecule has 1 rings (SSSR count). The number of benzene rings is 1. The van der Waals surface area contributed by atoms with Gasteiger partial charge in [-0.2, -0.15) is 0 Å². The Morgan fingerprint density at radius 2 is 1.83 bits per heavy atom. The zero-order valence-corrected chi connectivity index (χ0v) is 14.1. The van der Waals surface area contributed by atoms with Crippen molar-refractivity contribution in [3.8, 4) is 5.75 Å². The van der Waals surface area contributed by atoms with Crippen LogP contribution in [0.3, 0.4) is 0 Å². The lowest BCUT2D eigenvalue weighted by Gasteiger charge is -2.14.